The highest BCUT2D eigenvalue weighted by atomic mass is 16.6. The van der Waals surface area contributed by atoms with Crippen molar-refractivity contribution in [3.63, 3.8) is 0 Å². The summed E-state index contributed by atoms with van der Waals surface area (Å²) in [6.45, 7) is 11.8. The van der Waals surface area contributed by atoms with Gasteiger partial charge in [-0.2, -0.15) is 5.26 Å². The molecule has 3 aromatic carbocycles. The molecule has 8 rings (SSSR count). The summed E-state index contributed by atoms with van der Waals surface area (Å²) in [5, 5.41) is 19.2. The predicted octanol–water partition coefficient (Wildman–Crippen LogP) is 6.75. The van der Waals surface area contributed by atoms with Gasteiger partial charge in [-0.15, -0.1) is 0 Å². The number of hydrogen-bond acceptors (Lipinski definition) is 14. The monoisotopic (exact) mass is 1000 g/mol. The minimum atomic E-state index is -0.442. The van der Waals surface area contributed by atoms with Crippen molar-refractivity contribution in [1.29, 1.82) is 5.26 Å². The molecular formula is C57H77N9O7. The number of rotatable bonds is 24. The Morgan fingerprint density at radius 3 is 2.29 bits per heavy atom. The second-order valence-electron chi connectivity index (χ2n) is 20.0. The van der Waals surface area contributed by atoms with E-state index >= 15 is 0 Å². The van der Waals surface area contributed by atoms with Gasteiger partial charge in [-0.05, 0) is 137 Å². The molecule has 1 aromatic heterocycles. The number of carbonyl (C=O) groups excluding carboxylic acids is 2. The van der Waals surface area contributed by atoms with Crippen LogP contribution in [0.4, 0.5) is 17.2 Å². The maximum absolute atomic E-state index is 14.3. The Bertz CT molecular complexity index is 2440. The molecule has 4 heterocycles. The van der Waals surface area contributed by atoms with Crippen molar-refractivity contribution in [2.24, 2.45) is 11.8 Å². The first-order valence-electron chi connectivity index (χ1n) is 26.6. The van der Waals surface area contributed by atoms with Crippen LogP contribution in [-0.2, 0) is 25.5 Å². The van der Waals surface area contributed by atoms with Gasteiger partial charge in [-0.25, -0.2) is 4.98 Å². The summed E-state index contributed by atoms with van der Waals surface area (Å²) in [5.41, 5.74) is 5.39. The number of nitrogens with zero attached hydrogens (tertiary/aromatic N) is 6. The van der Waals surface area contributed by atoms with E-state index in [1.807, 2.05) is 55.5 Å². The average molecular weight is 1000 g/mol. The molecule has 2 amide bonds. The molecule has 73 heavy (non-hydrogen) atoms. The number of carbonyl (C=O) groups is 2. The topological polar surface area (TPSA) is 166 Å². The molecule has 16 nitrogen and oxygen atoms in total. The highest BCUT2D eigenvalue weighted by Crippen LogP contribution is 2.37. The lowest BCUT2D eigenvalue weighted by Crippen LogP contribution is -2.58. The van der Waals surface area contributed by atoms with Crippen molar-refractivity contribution in [1.82, 2.24) is 30.3 Å². The zero-order chi connectivity index (χ0) is 50.9. The van der Waals surface area contributed by atoms with Crippen molar-refractivity contribution in [3.8, 4) is 34.4 Å². The Balaban J connectivity index is 0.736. The van der Waals surface area contributed by atoms with Gasteiger partial charge >= 0.3 is 0 Å². The molecule has 4 aliphatic rings. The number of ether oxygens (including phenoxy) is 5. The van der Waals surface area contributed by atoms with Crippen molar-refractivity contribution < 1.29 is 33.3 Å². The third kappa shape index (κ3) is 14.6. The van der Waals surface area contributed by atoms with E-state index in [1.165, 1.54) is 12.0 Å². The zero-order valence-electron chi connectivity index (χ0n) is 43.5. The fourth-order valence-electron chi connectivity index (χ4n) is 10.7. The summed E-state index contributed by atoms with van der Waals surface area (Å²) >= 11 is 0. The van der Waals surface area contributed by atoms with Gasteiger partial charge in [0, 0.05) is 75.4 Å². The Hall–Kier alpha value is -5.96. The summed E-state index contributed by atoms with van der Waals surface area (Å²) in [4.78, 5) is 41.2. The Morgan fingerprint density at radius 2 is 1.55 bits per heavy atom. The number of anilines is 3. The average Bonchev–Trinajstić information content (AvgIpc) is 3.86. The summed E-state index contributed by atoms with van der Waals surface area (Å²) < 4.78 is 29.7. The van der Waals surface area contributed by atoms with Crippen LogP contribution in [0.25, 0.3) is 11.1 Å². The predicted molar refractivity (Wildman–Crippen MR) is 285 cm³/mol. The van der Waals surface area contributed by atoms with Crippen LogP contribution in [0.1, 0.15) is 63.0 Å². The molecule has 0 bridgehead atoms. The lowest BCUT2D eigenvalue weighted by molar-refractivity contribution is -0.140. The zero-order valence-corrected chi connectivity index (χ0v) is 43.5. The molecule has 3 saturated heterocycles. The molecule has 392 valence electrons. The molecule has 3 aliphatic heterocycles. The number of aromatic nitrogens is 1. The summed E-state index contributed by atoms with van der Waals surface area (Å²) in [6, 6.07) is 25.4. The van der Waals surface area contributed by atoms with Crippen molar-refractivity contribution in [2.75, 3.05) is 123 Å². The van der Waals surface area contributed by atoms with E-state index in [9.17, 15) is 14.9 Å². The Morgan fingerprint density at radius 1 is 0.808 bits per heavy atom. The molecular weight excluding hydrogens is 923 g/mol. The fourth-order valence-corrected chi connectivity index (χ4v) is 10.7. The maximum atomic E-state index is 14.3. The molecule has 3 N–H and O–H groups in total. The molecule has 16 heteroatoms. The van der Waals surface area contributed by atoms with Crippen LogP contribution < -0.4 is 35.1 Å². The van der Waals surface area contributed by atoms with E-state index in [1.54, 1.807) is 26.4 Å². The number of likely N-dealkylation sites (N-methyl/N-ethyl adjacent to an activating group) is 2. The van der Waals surface area contributed by atoms with Gasteiger partial charge in [0.1, 0.15) is 42.3 Å². The third-order valence-corrected chi connectivity index (χ3v) is 15.2. The fraction of sp³-hybridized carbons (Fsp3) is 0.544. The second kappa shape index (κ2) is 26.8. The second-order valence-corrected chi connectivity index (χ2v) is 20.0. The van der Waals surface area contributed by atoms with Crippen LogP contribution in [0, 0.1) is 23.2 Å². The molecule has 3 unspecified atom stereocenters. The summed E-state index contributed by atoms with van der Waals surface area (Å²) in [5.74, 6) is 3.68. The van der Waals surface area contributed by atoms with Crippen LogP contribution in [0.15, 0.2) is 79.0 Å². The maximum Gasteiger partial charge on any atom is 0.245 e. The smallest absolute Gasteiger partial charge is 0.245 e. The number of pyridine rings is 1. The SMILES string of the molecule is CNC(C)C(=O)N[C@H](C(=O)N1CCC2CCN(CCc3ccc(OCCOCCOCCOc4cc(Nc5cc(-c6cc(C#N)ccc6OC)ccn5)ccc4N4CCN(C)CC4)cc3)CC21)C1CCCCC1. The van der Waals surface area contributed by atoms with Crippen LogP contribution in [-0.4, -0.2) is 163 Å². The van der Waals surface area contributed by atoms with Crippen LogP contribution in [0.2, 0.25) is 0 Å². The summed E-state index contributed by atoms with van der Waals surface area (Å²) in [7, 11) is 5.55. The van der Waals surface area contributed by atoms with Crippen molar-refractivity contribution >= 4 is 29.0 Å². The van der Waals surface area contributed by atoms with Gasteiger partial charge in [0.15, 0.2) is 0 Å². The molecule has 4 fully saturated rings. The molecule has 0 spiro atoms. The van der Waals surface area contributed by atoms with E-state index in [4.69, 9.17) is 23.7 Å². The normalized spacial score (nSPS) is 19.4. The molecule has 1 saturated carbocycles. The van der Waals surface area contributed by atoms with E-state index < -0.39 is 6.04 Å². The number of nitrogens with one attached hydrogen (secondary N) is 3. The number of piperazine rings is 1. The highest BCUT2D eigenvalue weighted by molar-refractivity contribution is 5.90. The van der Waals surface area contributed by atoms with Crippen LogP contribution >= 0.6 is 0 Å². The largest absolute Gasteiger partial charge is 0.496 e. The van der Waals surface area contributed by atoms with E-state index in [0.29, 0.717) is 62.7 Å². The number of benzene rings is 3. The minimum Gasteiger partial charge on any atom is -0.496 e. The van der Waals surface area contributed by atoms with Gasteiger partial charge in [0.05, 0.1) is 56.9 Å². The number of methoxy groups -OCH3 is 1. The first kappa shape index (κ1) is 53.3. The van der Waals surface area contributed by atoms with Crippen LogP contribution in [0.3, 0.4) is 0 Å². The standard InChI is InChI=1S/C57H77N9O7/c1-41(59-2)56(67)62-55(45-8-6-5-7-9-45)57(68)66-25-21-44-20-24-64(40-51(44)66)23-19-42-10-14-48(15-11-42)72-34-32-70-30-31-71-33-35-73-53-38-47(13-16-50(53)65-28-26-63(3)27-29-65)61-54-37-46(18-22-60-54)49-36-43(39-58)12-17-52(49)69-4/h10-18,22,36-38,41,44-45,51,55,59H,5-9,19-21,23-35,40H2,1-4H3,(H,60,61)(H,62,67)/t41?,44?,51?,55-/m0/s1. The molecule has 1 aliphatic carbocycles. The van der Waals surface area contributed by atoms with Crippen molar-refractivity contribution in [3.05, 3.63) is 90.1 Å². The highest BCUT2D eigenvalue weighted by Gasteiger charge is 2.44. The lowest BCUT2D eigenvalue weighted by Gasteiger charge is -2.41. The van der Waals surface area contributed by atoms with E-state index in [-0.39, 0.29) is 29.8 Å². The quantitative estimate of drug-likeness (QED) is 0.0631. The molecule has 4 aromatic rings. The van der Waals surface area contributed by atoms with Gasteiger partial charge in [-0.3, -0.25) is 9.59 Å². The number of nitriles is 1. The van der Waals surface area contributed by atoms with Crippen LogP contribution in [0.5, 0.6) is 17.2 Å². The van der Waals surface area contributed by atoms with E-state index in [2.05, 4.69) is 71.8 Å². The summed E-state index contributed by atoms with van der Waals surface area (Å²) in [6.07, 6.45) is 10.3. The van der Waals surface area contributed by atoms with Gasteiger partial charge in [-0.1, -0.05) is 31.4 Å². The van der Waals surface area contributed by atoms with Gasteiger partial charge < -0.3 is 59.2 Å². The molecule has 0 radical (unpaired) electrons. The lowest BCUT2D eigenvalue weighted by atomic mass is 9.83. The van der Waals surface area contributed by atoms with Gasteiger partial charge in [0.25, 0.3) is 0 Å². The third-order valence-electron chi connectivity index (χ3n) is 15.2. The Kier molecular flexibility index (Phi) is 19.6. The number of amides is 2. The minimum absolute atomic E-state index is 0.0933. The first-order chi connectivity index (χ1) is 35.7. The number of likely N-dealkylation sites (tertiary alicyclic amines) is 2. The van der Waals surface area contributed by atoms with E-state index in [0.717, 1.165) is 131 Å². The number of hydrogen-bond donors (Lipinski definition) is 3. The number of piperidine rings is 1. The molecule has 4 atom stereocenters. The van der Waals surface area contributed by atoms with Crippen molar-refractivity contribution in [2.45, 2.75) is 76.4 Å². The Labute approximate surface area is 432 Å². The first-order valence-corrected chi connectivity index (χ1v) is 26.6. The number of fused-ring (bicyclic) bond motifs is 1. The van der Waals surface area contributed by atoms with Gasteiger partial charge in [0.2, 0.25) is 11.8 Å².